The Morgan fingerprint density at radius 1 is 1.23 bits per heavy atom. The van der Waals surface area contributed by atoms with Crippen molar-refractivity contribution in [2.45, 2.75) is 5.92 Å². The zero-order valence-corrected chi connectivity index (χ0v) is 7.05. The van der Waals surface area contributed by atoms with Gasteiger partial charge in [-0.2, -0.15) is 0 Å². The second-order valence-corrected chi connectivity index (χ2v) is 2.84. The second-order valence-electron chi connectivity index (χ2n) is 2.84. The summed E-state index contributed by atoms with van der Waals surface area (Å²) in [5.74, 6) is 0.545. The van der Waals surface area contributed by atoms with Crippen LogP contribution in [0.1, 0.15) is 11.5 Å². The van der Waals surface area contributed by atoms with Crippen LogP contribution in [0.3, 0.4) is 0 Å². The quantitative estimate of drug-likeness (QED) is 0.702. The van der Waals surface area contributed by atoms with E-state index in [1.54, 1.807) is 6.26 Å². The van der Waals surface area contributed by atoms with Crippen molar-refractivity contribution < 1.29 is 4.84 Å². The predicted octanol–water partition coefficient (Wildman–Crippen LogP) is 1.59. The Bertz CT molecular complexity index is 343. The largest absolute Gasteiger partial charge is 0.384 e. The highest BCUT2D eigenvalue weighted by atomic mass is 16.6. The molecule has 66 valence electrons. The summed E-state index contributed by atoms with van der Waals surface area (Å²) in [5.41, 5.74) is 6.81. The third kappa shape index (κ3) is 1.54. The molecule has 2 rings (SSSR count). The molecule has 1 aliphatic heterocycles. The van der Waals surface area contributed by atoms with Crippen molar-refractivity contribution in [1.29, 1.82) is 0 Å². The van der Waals surface area contributed by atoms with Crippen molar-refractivity contribution in [3.8, 4) is 0 Å². The molecule has 0 fully saturated rings. The van der Waals surface area contributed by atoms with E-state index in [4.69, 9.17) is 10.6 Å². The SMILES string of the molecule is NC1=NOC=CC1c1ccccc1. The number of amidine groups is 1. The molecule has 1 heterocycles. The van der Waals surface area contributed by atoms with Crippen molar-refractivity contribution in [3.63, 3.8) is 0 Å². The zero-order chi connectivity index (χ0) is 9.10. The number of hydrogen-bond donors (Lipinski definition) is 1. The van der Waals surface area contributed by atoms with Crippen LogP contribution >= 0.6 is 0 Å². The van der Waals surface area contributed by atoms with Crippen LogP contribution in [0.4, 0.5) is 0 Å². The molecule has 0 saturated carbocycles. The van der Waals surface area contributed by atoms with Crippen LogP contribution in [0.5, 0.6) is 0 Å². The van der Waals surface area contributed by atoms with E-state index in [0.29, 0.717) is 5.84 Å². The first kappa shape index (κ1) is 7.86. The van der Waals surface area contributed by atoms with Gasteiger partial charge in [0.2, 0.25) is 0 Å². The van der Waals surface area contributed by atoms with Crippen molar-refractivity contribution in [2.75, 3.05) is 0 Å². The number of rotatable bonds is 1. The van der Waals surface area contributed by atoms with E-state index >= 15 is 0 Å². The Hall–Kier alpha value is -1.77. The topological polar surface area (TPSA) is 47.6 Å². The lowest BCUT2D eigenvalue weighted by Gasteiger charge is -2.14. The minimum absolute atomic E-state index is 0.0509. The van der Waals surface area contributed by atoms with Crippen LogP contribution < -0.4 is 5.73 Å². The third-order valence-electron chi connectivity index (χ3n) is 1.97. The van der Waals surface area contributed by atoms with Gasteiger partial charge in [0, 0.05) is 0 Å². The van der Waals surface area contributed by atoms with Gasteiger partial charge in [0.1, 0.15) is 6.26 Å². The maximum Gasteiger partial charge on any atom is 0.151 e. The summed E-state index contributed by atoms with van der Waals surface area (Å²) >= 11 is 0. The highest BCUT2D eigenvalue weighted by molar-refractivity contribution is 5.89. The lowest BCUT2D eigenvalue weighted by molar-refractivity contribution is 0.259. The van der Waals surface area contributed by atoms with Crippen molar-refractivity contribution in [1.82, 2.24) is 0 Å². The number of hydrogen-bond acceptors (Lipinski definition) is 3. The van der Waals surface area contributed by atoms with E-state index in [1.165, 1.54) is 0 Å². The monoisotopic (exact) mass is 174 g/mol. The van der Waals surface area contributed by atoms with Gasteiger partial charge in [0.05, 0.1) is 5.92 Å². The van der Waals surface area contributed by atoms with Gasteiger partial charge in [0.15, 0.2) is 5.84 Å². The molecule has 1 aromatic rings. The second kappa shape index (κ2) is 3.31. The van der Waals surface area contributed by atoms with Gasteiger partial charge in [0.25, 0.3) is 0 Å². The van der Waals surface area contributed by atoms with Crippen molar-refractivity contribution in [3.05, 3.63) is 48.2 Å². The summed E-state index contributed by atoms with van der Waals surface area (Å²) in [5, 5.41) is 3.70. The first-order valence-electron chi connectivity index (χ1n) is 4.09. The fourth-order valence-corrected chi connectivity index (χ4v) is 1.30. The highest BCUT2D eigenvalue weighted by Gasteiger charge is 2.15. The first-order valence-corrected chi connectivity index (χ1v) is 4.09. The van der Waals surface area contributed by atoms with Gasteiger partial charge in [-0.25, -0.2) is 0 Å². The van der Waals surface area contributed by atoms with Gasteiger partial charge in [-0.05, 0) is 11.6 Å². The fourth-order valence-electron chi connectivity index (χ4n) is 1.30. The Morgan fingerprint density at radius 2 is 2.00 bits per heavy atom. The third-order valence-corrected chi connectivity index (χ3v) is 1.97. The zero-order valence-electron chi connectivity index (χ0n) is 7.05. The standard InChI is InChI=1S/C10H10N2O/c11-10-9(6-7-13-12-10)8-4-2-1-3-5-8/h1-7,9H,(H2,11,12). The van der Waals surface area contributed by atoms with E-state index < -0.39 is 0 Å². The molecular weight excluding hydrogens is 164 g/mol. The van der Waals surface area contributed by atoms with E-state index in [1.807, 2.05) is 36.4 Å². The Morgan fingerprint density at radius 3 is 2.69 bits per heavy atom. The highest BCUT2D eigenvalue weighted by Crippen LogP contribution is 2.19. The van der Waals surface area contributed by atoms with Crippen LogP contribution in [0.25, 0.3) is 0 Å². The normalized spacial score (nSPS) is 20.6. The molecule has 1 aliphatic rings. The molecule has 3 heteroatoms. The van der Waals surface area contributed by atoms with Gasteiger partial charge in [-0.15, -0.1) is 0 Å². The lowest BCUT2D eigenvalue weighted by atomic mass is 9.98. The number of benzene rings is 1. The van der Waals surface area contributed by atoms with Crippen LogP contribution in [0.2, 0.25) is 0 Å². The summed E-state index contributed by atoms with van der Waals surface area (Å²) in [6, 6.07) is 9.96. The average Bonchev–Trinajstić information content (AvgIpc) is 2.20. The van der Waals surface area contributed by atoms with Crippen molar-refractivity contribution >= 4 is 5.84 Å². The molecule has 0 aromatic heterocycles. The molecule has 0 amide bonds. The van der Waals surface area contributed by atoms with Crippen LogP contribution in [0, 0.1) is 0 Å². The maximum atomic E-state index is 5.68. The van der Waals surface area contributed by atoms with E-state index in [0.717, 1.165) is 5.56 Å². The summed E-state index contributed by atoms with van der Waals surface area (Å²) in [4.78, 5) is 4.72. The molecule has 1 unspecified atom stereocenters. The van der Waals surface area contributed by atoms with Crippen molar-refractivity contribution in [2.24, 2.45) is 10.9 Å². The summed E-state index contributed by atoms with van der Waals surface area (Å²) in [7, 11) is 0. The number of nitrogens with two attached hydrogens (primary N) is 1. The van der Waals surface area contributed by atoms with Crippen LogP contribution in [0.15, 0.2) is 47.8 Å². The summed E-state index contributed by atoms with van der Waals surface area (Å²) in [6.45, 7) is 0. The first-order chi connectivity index (χ1) is 6.38. The molecule has 1 aromatic carbocycles. The molecule has 0 radical (unpaired) electrons. The number of nitrogens with zero attached hydrogens (tertiary/aromatic N) is 1. The molecule has 2 N–H and O–H groups in total. The smallest absolute Gasteiger partial charge is 0.151 e. The Kier molecular flexibility index (Phi) is 2.00. The molecule has 3 nitrogen and oxygen atoms in total. The molecule has 0 bridgehead atoms. The van der Waals surface area contributed by atoms with E-state index in [-0.39, 0.29) is 5.92 Å². The Balaban J connectivity index is 2.31. The van der Waals surface area contributed by atoms with Gasteiger partial charge >= 0.3 is 0 Å². The van der Waals surface area contributed by atoms with E-state index in [2.05, 4.69) is 5.16 Å². The van der Waals surface area contributed by atoms with E-state index in [9.17, 15) is 0 Å². The summed E-state index contributed by atoms with van der Waals surface area (Å²) in [6.07, 6.45) is 3.44. The average molecular weight is 174 g/mol. The van der Waals surface area contributed by atoms with Gasteiger partial charge < -0.3 is 10.6 Å². The molecule has 0 spiro atoms. The van der Waals surface area contributed by atoms with Gasteiger partial charge in [-0.3, -0.25) is 0 Å². The maximum absolute atomic E-state index is 5.68. The predicted molar refractivity (Wildman–Crippen MR) is 51.0 cm³/mol. The Labute approximate surface area is 76.5 Å². The minimum atomic E-state index is 0.0509. The van der Waals surface area contributed by atoms with Crippen LogP contribution in [-0.2, 0) is 4.84 Å². The molecule has 0 saturated heterocycles. The summed E-state index contributed by atoms with van der Waals surface area (Å²) < 4.78 is 0. The fraction of sp³-hybridized carbons (Fsp3) is 0.100. The lowest BCUT2D eigenvalue weighted by Crippen LogP contribution is -2.22. The molecular formula is C10H10N2O. The van der Waals surface area contributed by atoms with Gasteiger partial charge in [-0.1, -0.05) is 35.5 Å². The number of oxime groups is 1. The molecule has 1 atom stereocenters. The molecule has 0 aliphatic carbocycles. The minimum Gasteiger partial charge on any atom is -0.384 e. The molecule has 13 heavy (non-hydrogen) atoms. The van der Waals surface area contributed by atoms with Crippen LogP contribution in [-0.4, -0.2) is 5.84 Å².